The highest BCUT2D eigenvalue weighted by atomic mass is 19.1. The van der Waals surface area contributed by atoms with Gasteiger partial charge in [-0.3, -0.25) is 0 Å². The molecule has 1 N–H and O–H groups in total. The van der Waals surface area contributed by atoms with Gasteiger partial charge >= 0.3 is 6.09 Å². The van der Waals surface area contributed by atoms with Crippen LogP contribution in [0.15, 0.2) is 18.2 Å². The molecule has 2 atom stereocenters. The molecule has 0 aromatic heterocycles. The standard InChI is InChI=1S/C15H20FNO3/c1-15(2,3)20-14(18)17-12-8-10(12)11-7-9(16)5-6-13(11)19-4/h5-7,10,12H,8H2,1-4H3,(H,17,18)/t10-,12+/m0/s1. The maximum atomic E-state index is 13.3. The quantitative estimate of drug-likeness (QED) is 0.925. The van der Waals surface area contributed by atoms with Crippen LogP contribution in [0.3, 0.4) is 0 Å². The summed E-state index contributed by atoms with van der Waals surface area (Å²) in [5.41, 5.74) is 0.263. The van der Waals surface area contributed by atoms with Gasteiger partial charge in [0.25, 0.3) is 0 Å². The molecule has 1 aliphatic rings. The number of carbonyl (C=O) groups excluding carboxylic acids is 1. The fraction of sp³-hybridized carbons (Fsp3) is 0.533. The largest absolute Gasteiger partial charge is 0.496 e. The number of benzene rings is 1. The Labute approximate surface area is 118 Å². The number of carbonyl (C=O) groups is 1. The number of alkyl carbamates (subject to hydrolysis) is 1. The molecule has 1 amide bonds. The van der Waals surface area contributed by atoms with Crippen LogP contribution in [0.25, 0.3) is 0 Å². The molecule has 5 heteroatoms. The van der Waals surface area contributed by atoms with Gasteiger partial charge in [0.15, 0.2) is 0 Å². The predicted molar refractivity (Wildman–Crippen MR) is 73.5 cm³/mol. The molecule has 0 aliphatic heterocycles. The number of hydrogen-bond donors (Lipinski definition) is 1. The third kappa shape index (κ3) is 3.62. The van der Waals surface area contributed by atoms with Crippen LogP contribution >= 0.6 is 0 Å². The van der Waals surface area contributed by atoms with Crippen molar-refractivity contribution in [1.82, 2.24) is 5.32 Å². The van der Waals surface area contributed by atoms with Crippen LogP contribution in [0.2, 0.25) is 0 Å². The SMILES string of the molecule is COc1ccc(F)cc1[C@@H]1C[C@H]1NC(=O)OC(C)(C)C. The lowest BCUT2D eigenvalue weighted by molar-refractivity contribution is 0.0522. The highest BCUT2D eigenvalue weighted by Gasteiger charge is 2.42. The molecule has 1 aliphatic carbocycles. The lowest BCUT2D eigenvalue weighted by Crippen LogP contribution is -2.34. The van der Waals surface area contributed by atoms with Crippen LogP contribution in [-0.4, -0.2) is 24.8 Å². The molecule has 4 nitrogen and oxygen atoms in total. The molecule has 0 bridgehead atoms. The first-order valence-corrected chi connectivity index (χ1v) is 6.63. The highest BCUT2D eigenvalue weighted by molar-refractivity contribution is 5.69. The van der Waals surface area contributed by atoms with Gasteiger partial charge in [-0.15, -0.1) is 0 Å². The number of methoxy groups -OCH3 is 1. The Morgan fingerprint density at radius 2 is 2.10 bits per heavy atom. The second-order valence-corrected chi connectivity index (χ2v) is 5.98. The summed E-state index contributed by atoms with van der Waals surface area (Å²) in [6.07, 6.45) is 0.319. The van der Waals surface area contributed by atoms with Gasteiger partial charge in [0.05, 0.1) is 7.11 Å². The Balaban J connectivity index is 1.98. The molecule has 2 rings (SSSR count). The van der Waals surface area contributed by atoms with E-state index in [9.17, 15) is 9.18 Å². The van der Waals surface area contributed by atoms with E-state index in [4.69, 9.17) is 9.47 Å². The zero-order chi connectivity index (χ0) is 14.9. The number of halogens is 1. The highest BCUT2D eigenvalue weighted by Crippen LogP contribution is 2.45. The van der Waals surface area contributed by atoms with E-state index in [1.807, 2.05) is 20.8 Å². The Morgan fingerprint density at radius 3 is 2.70 bits per heavy atom. The fourth-order valence-electron chi connectivity index (χ4n) is 2.15. The molecule has 1 aromatic carbocycles. The number of amides is 1. The van der Waals surface area contributed by atoms with Crippen molar-refractivity contribution in [2.75, 3.05) is 7.11 Å². The average Bonchev–Trinajstić information content (AvgIpc) is 3.05. The van der Waals surface area contributed by atoms with Crippen LogP contribution in [0.5, 0.6) is 5.75 Å². The van der Waals surface area contributed by atoms with Crippen molar-refractivity contribution in [3.05, 3.63) is 29.6 Å². The molecule has 20 heavy (non-hydrogen) atoms. The van der Waals surface area contributed by atoms with Crippen LogP contribution in [0.4, 0.5) is 9.18 Å². The molecule has 0 radical (unpaired) electrons. The van der Waals surface area contributed by atoms with E-state index in [2.05, 4.69) is 5.32 Å². The lowest BCUT2D eigenvalue weighted by atomic mass is 10.1. The summed E-state index contributed by atoms with van der Waals surface area (Å²) < 4.78 is 23.7. The Morgan fingerprint density at radius 1 is 1.40 bits per heavy atom. The second-order valence-electron chi connectivity index (χ2n) is 5.98. The van der Waals surface area contributed by atoms with Crippen LogP contribution in [-0.2, 0) is 4.74 Å². The first kappa shape index (κ1) is 14.6. The van der Waals surface area contributed by atoms with Crippen LogP contribution in [0, 0.1) is 5.82 Å². The van der Waals surface area contributed by atoms with Crippen molar-refractivity contribution in [2.45, 2.75) is 44.8 Å². The van der Waals surface area contributed by atoms with Crippen LogP contribution < -0.4 is 10.1 Å². The number of nitrogens with one attached hydrogen (secondary N) is 1. The minimum atomic E-state index is -0.523. The monoisotopic (exact) mass is 281 g/mol. The smallest absolute Gasteiger partial charge is 0.407 e. The lowest BCUT2D eigenvalue weighted by Gasteiger charge is -2.19. The van der Waals surface area contributed by atoms with Gasteiger partial charge in [0.1, 0.15) is 17.2 Å². The topological polar surface area (TPSA) is 47.6 Å². The van der Waals surface area contributed by atoms with Crippen molar-refractivity contribution in [3.8, 4) is 5.75 Å². The maximum absolute atomic E-state index is 13.3. The third-order valence-corrected chi connectivity index (χ3v) is 3.08. The summed E-state index contributed by atoms with van der Waals surface area (Å²) in [6, 6.07) is 4.40. The number of rotatable bonds is 3. The first-order valence-electron chi connectivity index (χ1n) is 6.63. The van der Waals surface area contributed by atoms with Crippen molar-refractivity contribution in [1.29, 1.82) is 0 Å². The zero-order valence-electron chi connectivity index (χ0n) is 12.2. The summed E-state index contributed by atoms with van der Waals surface area (Å²) in [4.78, 5) is 11.7. The van der Waals surface area contributed by atoms with Gasteiger partial charge in [0, 0.05) is 17.5 Å². The maximum Gasteiger partial charge on any atom is 0.407 e. The minimum Gasteiger partial charge on any atom is -0.496 e. The Bertz CT molecular complexity index is 510. The van der Waals surface area contributed by atoms with Crippen molar-refractivity contribution >= 4 is 6.09 Å². The van der Waals surface area contributed by atoms with Gasteiger partial charge in [-0.2, -0.15) is 0 Å². The van der Waals surface area contributed by atoms with E-state index in [-0.39, 0.29) is 17.8 Å². The van der Waals surface area contributed by atoms with E-state index in [0.29, 0.717) is 5.75 Å². The van der Waals surface area contributed by atoms with Gasteiger partial charge < -0.3 is 14.8 Å². The first-order chi connectivity index (χ1) is 9.30. The molecule has 1 fully saturated rings. The molecule has 110 valence electrons. The fourth-order valence-corrected chi connectivity index (χ4v) is 2.15. The molecular formula is C15H20FNO3. The third-order valence-electron chi connectivity index (χ3n) is 3.08. The summed E-state index contributed by atoms with van der Waals surface area (Å²) in [6.45, 7) is 5.44. The summed E-state index contributed by atoms with van der Waals surface area (Å²) in [5.74, 6) is 0.418. The van der Waals surface area contributed by atoms with Gasteiger partial charge in [-0.25, -0.2) is 9.18 Å². The molecule has 0 spiro atoms. The number of hydrogen-bond acceptors (Lipinski definition) is 3. The molecule has 0 unspecified atom stereocenters. The molecule has 1 aromatic rings. The average molecular weight is 281 g/mol. The van der Waals surface area contributed by atoms with Gasteiger partial charge in [-0.05, 0) is 45.4 Å². The molecule has 1 saturated carbocycles. The van der Waals surface area contributed by atoms with Crippen molar-refractivity contribution < 1.29 is 18.7 Å². The Hall–Kier alpha value is -1.78. The molecular weight excluding hydrogens is 261 g/mol. The summed E-state index contributed by atoms with van der Waals surface area (Å²) >= 11 is 0. The summed E-state index contributed by atoms with van der Waals surface area (Å²) in [5, 5.41) is 2.79. The van der Waals surface area contributed by atoms with E-state index >= 15 is 0 Å². The predicted octanol–water partition coefficient (Wildman–Crippen LogP) is 3.21. The van der Waals surface area contributed by atoms with Crippen molar-refractivity contribution in [2.24, 2.45) is 0 Å². The van der Waals surface area contributed by atoms with Gasteiger partial charge in [0.2, 0.25) is 0 Å². The van der Waals surface area contributed by atoms with Crippen molar-refractivity contribution in [3.63, 3.8) is 0 Å². The number of ether oxygens (including phenoxy) is 2. The Kier molecular flexibility index (Phi) is 3.88. The minimum absolute atomic E-state index is 0.0273. The van der Waals surface area contributed by atoms with E-state index in [1.165, 1.54) is 12.1 Å². The molecule has 0 saturated heterocycles. The van der Waals surface area contributed by atoms with Crippen LogP contribution in [0.1, 0.15) is 38.7 Å². The molecule has 0 heterocycles. The summed E-state index contributed by atoms with van der Waals surface area (Å²) in [7, 11) is 1.55. The second kappa shape index (κ2) is 5.31. The van der Waals surface area contributed by atoms with E-state index in [1.54, 1.807) is 13.2 Å². The van der Waals surface area contributed by atoms with Gasteiger partial charge in [-0.1, -0.05) is 0 Å². The normalized spacial score (nSPS) is 21.2. The zero-order valence-corrected chi connectivity index (χ0v) is 12.2. The van der Waals surface area contributed by atoms with E-state index < -0.39 is 11.7 Å². The van der Waals surface area contributed by atoms with E-state index in [0.717, 1.165) is 12.0 Å².